The van der Waals surface area contributed by atoms with Gasteiger partial charge in [-0.1, -0.05) is 30.3 Å². The van der Waals surface area contributed by atoms with E-state index in [0.717, 1.165) is 12.1 Å². The molecule has 21 heavy (non-hydrogen) atoms. The SMILES string of the molecule is O=C(/C=C/c1cc(C(=O)O)c(O)cc1O)c1ccccc1. The molecule has 2 aromatic carbocycles. The molecule has 0 aliphatic heterocycles. The third-order valence-electron chi connectivity index (χ3n) is 2.85. The van der Waals surface area contributed by atoms with Gasteiger partial charge in [0.1, 0.15) is 17.1 Å². The van der Waals surface area contributed by atoms with Gasteiger partial charge in [0.05, 0.1) is 0 Å². The highest BCUT2D eigenvalue weighted by Crippen LogP contribution is 2.28. The van der Waals surface area contributed by atoms with E-state index >= 15 is 0 Å². The van der Waals surface area contributed by atoms with E-state index in [0.29, 0.717) is 5.56 Å². The van der Waals surface area contributed by atoms with Gasteiger partial charge in [0.25, 0.3) is 0 Å². The highest BCUT2D eigenvalue weighted by Gasteiger charge is 2.13. The molecule has 0 radical (unpaired) electrons. The molecule has 0 aliphatic rings. The number of hydrogen-bond donors (Lipinski definition) is 3. The summed E-state index contributed by atoms with van der Waals surface area (Å²) in [6.07, 6.45) is 2.53. The van der Waals surface area contributed by atoms with Gasteiger partial charge < -0.3 is 15.3 Å². The number of aromatic hydroxyl groups is 2. The van der Waals surface area contributed by atoms with Crippen LogP contribution in [0.1, 0.15) is 26.3 Å². The number of carboxylic acids is 1. The van der Waals surface area contributed by atoms with Crippen LogP contribution >= 0.6 is 0 Å². The molecule has 0 bridgehead atoms. The standard InChI is InChI=1S/C16H12O5/c17-13(10-4-2-1-3-5-10)7-6-11-8-12(16(20)21)15(19)9-14(11)18/h1-9,18-19H,(H,20,21)/b7-6+. The number of rotatable bonds is 4. The maximum Gasteiger partial charge on any atom is 0.339 e. The van der Waals surface area contributed by atoms with E-state index in [4.69, 9.17) is 5.11 Å². The summed E-state index contributed by atoms with van der Waals surface area (Å²) in [7, 11) is 0. The molecule has 106 valence electrons. The predicted octanol–water partition coefficient (Wildman–Crippen LogP) is 2.69. The Morgan fingerprint density at radius 3 is 2.24 bits per heavy atom. The van der Waals surface area contributed by atoms with Crippen molar-refractivity contribution in [2.45, 2.75) is 0 Å². The molecular formula is C16H12O5. The lowest BCUT2D eigenvalue weighted by Crippen LogP contribution is -1.98. The van der Waals surface area contributed by atoms with Crippen LogP contribution in [0, 0.1) is 0 Å². The number of carboxylic acid groups (broad SMARTS) is 1. The summed E-state index contributed by atoms with van der Waals surface area (Å²) in [5.41, 5.74) is 0.263. The summed E-state index contributed by atoms with van der Waals surface area (Å²) in [5, 5.41) is 28.0. The Morgan fingerprint density at radius 2 is 1.62 bits per heavy atom. The van der Waals surface area contributed by atoms with Crippen molar-refractivity contribution in [1.82, 2.24) is 0 Å². The first-order chi connectivity index (χ1) is 9.99. The van der Waals surface area contributed by atoms with Gasteiger partial charge in [0.15, 0.2) is 5.78 Å². The molecule has 0 aromatic heterocycles. The summed E-state index contributed by atoms with van der Waals surface area (Å²) < 4.78 is 0. The van der Waals surface area contributed by atoms with E-state index in [9.17, 15) is 19.8 Å². The number of hydrogen-bond acceptors (Lipinski definition) is 4. The van der Waals surface area contributed by atoms with Gasteiger partial charge in [0, 0.05) is 17.2 Å². The first kappa shape index (κ1) is 14.3. The van der Waals surface area contributed by atoms with Crippen molar-refractivity contribution in [3.05, 3.63) is 65.2 Å². The first-order valence-electron chi connectivity index (χ1n) is 6.06. The second-order valence-electron chi connectivity index (χ2n) is 4.30. The fraction of sp³-hybridized carbons (Fsp3) is 0. The van der Waals surface area contributed by atoms with Crippen LogP contribution in [0.2, 0.25) is 0 Å². The van der Waals surface area contributed by atoms with Gasteiger partial charge in [0.2, 0.25) is 0 Å². The van der Waals surface area contributed by atoms with E-state index in [1.165, 1.54) is 12.2 Å². The molecule has 0 amide bonds. The zero-order valence-electron chi connectivity index (χ0n) is 10.9. The molecule has 0 atom stereocenters. The van der Waals surface area contributed by atoms with Crippen molar-refractivity contribution >= 4 is 17.8 Å². The maximum absolute atomic E-state index is 11.9. The molecule has 3 N–H and O–H groups in total. The van der Waals surface area contributed by atoms with Crippen molar-refractivity contribution in [1.29, 1.82) is 0 Å². The molecule has 5 nitrogen and oxygen atoms in total. The van der Waals surface area contributed by atoms with E-state index in [1.54, 1.807) is 30.3 Å². The topological polar surface area (TPSA) is 94.8 Å². The van der Waals surface area contributed by atoms with Crippen LogP contribution in [0.15, 0.2) is 48.5 Å². The van der Waals surface area contributed by atoms with Gasteiger partial charge in [-0.3, -0.25) is 4.79 Å². The normalized spacial score (nSPS) is 10.7. The summed E-state index contributed by atoms with van der Waals surface area (Å²) >= 11 is 0. The highest BCUT2D eigenvalue weighted by atomic mass is 16.4. The number of phenolic OH excluding ortho intramolecular Hbond substituents is 1. The Balaban J connectivity index is 2.31. The monoisotopic (exact) mass is 284 g/mol. The van der Waals surface area contributed by atoms with Crippen molar-refractivity contribution in [2.75, 3.05) is 0 Å². The lowest BCUT2D eigenvalue weighted by atomic mass is 10.1. The van der Waals surface area contributed by atoms with Crippen LogP contribution in [0.25, 0.3) is 6.08 Å². The zero-order valence-corrected chi connectivity index (χ0v) is 10.9. The van der Waals surface area contributed by atoms with E-state index in [1.807, 2.05) is 0 Å². The van der Waals surface area contributed by atoms with Crippen molar-refractivity contribution in [3.63, 3.8) is 0 Å². The van der Waals surface area contributed by atoms with E-state index in [2.05, 4.69) is 0 Å². The molecule has 0 fully saturated rings. The Labute approximate surface area is 120 Å². The second-order valence-corrected chi connectivity index (χ2v) is 4.30. The minimum absolute atomic E-state index is 0.134. The number of carbonyl (C=O) groups is 2. The molecular weight excluding hydrogens is 272 g/mol. The fourth-order valence-corrected chi connectivity index (χ4v) is 1.76. The number of benzene rings is 2. The number of ketones is 1. The molecule has 0 saturated carbocycles. The van der Waals surface area contributed by atoms with Crippen LogP contribution in [0.5, 0.6) is 11.5 Å². The quantitative estimate of drug-likeness (QED) is 0.592. The number of allylic oxidation sites excluding steroid dienone is 1. The van der Waals surface area contributed by atoms with Crippen molar-refractivity contribution in [2.24, 2.45) is 0 Å². The van der Waals surface area contributed by atoms with E-state index < -0.39 is 11.7 Å². The number of aromatic carboxylic acids is 1. The van der Waals surface area contributed by atoms with Crippen LogP contribution in [-0.2, 0) is 0 Å². The van der Waals surface area contributed by atoms with Crippen LogP contribution in [-0.4, -0.2) is 27.1 Å². The Bertz CT molecular complexity index is 717. The third-order valence-corrected chi connectivity index (χ3v) is 2.85. The minimum Gasteiger partial charge on any atom is -0.507 e. The van der Waals surface area contributed by atoms with Crippen molar-refractivity contribution in [3.8, 4) is 11.5 Å². The van der Waals surface area contributed by atoms with Gasteiger partial charge in [-0.05, 0) is 18.2 Å². The summed E-state index contributed by atoms with van der Waals surface area (Å²) in [6, 6.07) is 10.5. The lowest BCUT2D eigenvalue weighted by Gasteiger charge is -2.04. The van der Waals surface area contributed by atoms with Gasteiger partial charge in [-0.15, -0.1) is 0 Å². The molecule has 0 spiro atoms. The zero-order chi connectivity index (χ0) is 15.4. The summed E-state index contributed by atoms with van der Waals surface area (Å²) in [5.74, 6) is -2.45. The Hall–Kier alpha value is -3.08. The van der Waals surface area contributed by atoms with Gasteiger partial charge in [-0.25, -0.2) is 4.79 Å². The second kappa shape index (κ2) is 5.92. The van der Waals surface area contributed by atoms with E-state index in [-0.39, 0.29) is 22.7 Å². The number of carbonyl (C=O) groups excluding carboxylic acids is 1. The van der Waals surface area contributed by atoms with Crippen LogP contribution < -0.4 is 0 Å². The molecule has 0 aliphatic carbocycles. The molecule has 0 saturated heterocycles. The molecule has 0 unspecified atom stereocenters. The van der Waals surface area contributed by atoms with Crippen LogP contribution in [0.3, 0.4) is 0 Å². The smallest absolute Gasteiger partial charge is 0.339 e. The summed E-state index contributed by atoms with van der Waals surface area (Å²) in [4.78, 5) is 22.8. The highest BCUT2D eigenvalue weighted by molar-refractivity contribution is 6.07. The maximum atomic E-state index is 11.9. The van der Waals surface area contributed by atoms with Crippen molar-refractivity contribution < 1.29 is 24.9 Å². The average Bonchev–Trinajstić information content (AvgIpc) is 2.46. The Kier molecular flexibility index (Phi) is 4.04. The summed E-state index contributed by atoms with van der Waals surface area (Å²) in [6.45, 7) is 0. The lowest BCUT2D eigenvalue weighted by molar-refractivity contribution is 0.0693. The third kappa shape index (κ3) is 3.27. The first-order valence-corrected chi connectivity index (χ1v) is 6.06. The molecule has 5 heteroatoms. The molecule has 0 heterocycles. The average molecular weight is 284 g/mol. The Morgan fingerprint density at radius 1 is 0.952 bits per heavy atom. The molecule has 2 aromatic rings. The number of phenols is 2. The predicted molar refractivity (Wildman–Crippen MR) is 76.5 cm³/mol. The van der Waals surface area contributed by atoms with Gasteiger partial charge in [-0.2, -0.15) is 0 Å². The fourth-order valence-electron chi connectivity index (χ4n) is 1.76. The molecule has 2 rings (SSSR count). The minimum atomic E-state index is -1.32. The van der Waals surface area contributed by atoms with Crippen LogP contribution in [0.4, 0.5) is 0 Å². The largest absolute Gasteiger partial charge is 0.507 e. The van der Waals surface area contributed by atoms with Gasteiger partial charge >= 0.3 is 5.97 Å².